The van der Waals surface area contributed by atoms with E-state index in [0.29, 0.717) is 17.3 Å². The maximum atomic E-state index is 10.2. The first kappa shape index (κ1) is 19.1. The zero-order valence-electron chi connectivity index (χ0n) is 15.6. The third-order valence-electron chi connectivity index (χ3n) is 4.07. The summed E-state index contributed by atoms with van der Waals surface area (Å²) in [5.41, 5.74) is 0.586. The van der Waals surface area contributed by atoms with Gasteiger partial charge in [-0.15, -0.1) is 11.3 Å². The van der Waals surface area contributed by atoms with Gasteiger partial charge < -0.3 is 15.7 Å². The van der Waals surface area contributed by atoms with Gasteiger partial charge in [-0.05, 0) is 30.5 Å². The largest absolute Gasteiger partial charge is 0.517 e. The molecule has 0 saturated heterocycles. The maximum absolute atomic E-state index is 10.2. The predicted octanol–water partition coefficient (Wildman–Crippen LogP) is 6.11. The van der Waals surface area contributed by atoms with Crippen LogP contribution in [-0.4, -0.2) is 13.9 Å². The summed E-state index contributed by atoms with van der Waals surface area (Å²) in [6.07, 6.45) is 0. The second kappa shape index (κ2) is 7.55. The number of aromatic nitrogens is 2. The number of thiophene rings is 1. The van der Waals surface area contributed by atoms with Crippen molar-refractivity contribution in [3.05, 3.63) is 51.5 Å². The molecule has 2 heterocycles. The van der Waals surface area contributed by atoms with Gasteiger partial charge in [-0.3, -0.25) is 0 Å². The average Bonchev–Trinajstić information content (AvgIpc) is 3.22. The molecule has 3 aromatic rings. The molecule has 140 valence electrons. The molecule has 0 bridgehead atoms. The first-order chi connectivity index (χ1) is 12.8. The number of anilines is 3. The molecule has 1 aromatic carbocycles. The summed E-state index contributed by atoms with van der Waals surface area (Å²) in [4.78, 5) is 5.81. The maximum Gasteiger partial charge on any atom is 0.230 e. The van der Waals surface area contributed by atoms with Crippen molar-refractivity contribution >= 4 is 46.1 Å². The van der Waals surface area contributed by atoms with Crippen LogP contribution in [0, 0.1) is 18.9 Å². The number of hydrogen-bond acceptors (Lipinski definition) is 7. The number of nitrogens with one attached hydrogen (secondary N) is 2. The Labute approximate surface area is 167 Å². The molecule has 0 fully saturated rings. The fraction of sp³-hybridized carbons (Fsp3) is 0.316. The van der Waals surface area contributed by atoms with E-state index in [1.54, 1.807) is 29.5 Å². The highest BCUT2D eigenvalue weighted by molar-refractivity contribution is 7.12. The minimum Gasteiger partial charge on any atom is -0.517 e. The number of benzene rings is 1. The standard InChI is InChI=1S/C19H21N5OS2/c1-11-9-10-14(26-11)16(19(2,3)4)22-18-17(23-27-24-18)21-13-8-6-7-12(20-5)15(13)25/h6-10,16,25H,1-4H3,(H,21,23)(H,22,24). The molecule has 1 atom stereocenters. The van der Waals surface area contributed by atoms with Gasteiger partial charge in [-0.25, -0.2) is 4.85 Å². The summed E-state index contributed by atoms with van der Waals surface area (Å²) in [6.45, 7) is 15.8. The number of aryl methyl sites for hydroxylation is 1. The molecule has 0 spiro atoms. The monoisotopic (exact) mass is 399 g/mol. The highest BCUT2D eigenvalue weighted by Gasteiger charge is 2.29. The molecular weight excluding hydrogens is 378 g/mol. The van der Waals surface area contributed by atoms with Crippen molar-refractivity contribution in [1.29, 1.82) is 0 Å². The Morgan fingerprint density at radius 1 is 1.15 bits per heavy atom. The van der Waals surface area contributed by atoms with Crippen LogP contribution in [-0.2, 0) is 0 Å². The van der Waals surface area contributed by atoms with E-state index in [9.17, 15) is 5.11 Å². The van der Waals surface area contributed by atoms with Gasteiger partial charge in [-0.1, -0.05) is 32.9 Å². The second-order valence-corrected chi connectivity index (χ2v) is 9.11. The molecule has 6 nitrogen and oxygen atoms in total. The van der Waals surface area contributed by atoms with Gasteiger partial charge in [0, 0.05) is 9.75 Å². The zero-order valence-corrected chi connectivity index (χ0v) is 17.2. The molecular formula is C19H21N5OS2. The van der Waals surface area contributed by atoms with Gasteiger partial charge in [0.25, 0.3) is 0 Å². The number of para-hydroxylation sites is 1. The number of nitrogens with zero attached hydrogens (tertiary/aromatic N) is 3. The zero-order chi connectivity index (χ0) is 19.6. The van der Waals surface area contributed by atoms with Gasteiger partial charge in [0.1, 0.15) is 5.75 Å². The van der Waals surface area contributed by atoms with E-state index >= 15 is 0 Å². The van der Waals surface area contributed by atoms with E-state index in [-0.39, 0.29) is 22.9 Å². The van der Waals surface area contributed by atoms with E-state index in [0.717, 1.165) is 11.7 Å². The normalized spacial score (nSPS) is 12.4. The molecule has 2 aromatic heterocycles. The van der Waals surface area contributed by atoms with E-state index in [1.807, 2.05) is 0 Å². The third kappa shape index (κ3) is 4.21. The first-order valence-electron chi connectivity index (χ1n) is 8.41. The summed E-state index contributed by atoms with van der Waals surface area (Å²) in [5, 5.41) is 16.8. The Morgan fingerprint density at radius 3 is 2.52 bits per heavy atom. The van der Waals surface area contributed by atoms with E-state index in [4.69, 9.17) is 6.57 Å². The van der Waals surface area contributed by atoms with Crippen molar-refractivity contribution in [2.45, 2.75) is 33.7 Å². The van der Waals surface area contributed by atoms with Gasteiger partial charge in [0.2, 0.25) is 5.69 Å². The quantitative estimate of drug-likeness (QED) is 0.357. The van der Waals surface area contributed by atoms with E-state index in [2.05, 4.69) is 64.1 Å². The van der Waals surface area contributed by atoms with Crippen molar-refractivity contribution in [2.24, 2.45) is 5.41 Å². The van der Waals surface area contributed by atoms with Crippen LogP contribution in [0.25, 0.3) is 4.85 Å². The molecule has 0 radical (unpaired) electrons. The van der Waals surface area contributed by atoms with Crippen LogP contribution in [0.15, 0.2) is 30.3 Å². The molecule has 3 rings (SSSR count). The minimum absolute atomic E-state index is 0.0374. The number of hydrogen-bond donors (Lipinski definition) is 3. The predicted molar refractivity (Wildman–Crippen MR) is 112 cm³/mol. The summed E-state index contributed by atoms with van der Waals surface area (Å²) >= 11 is 2.85. The van der Waals surface area contributed by atoms with Crippen LogP contribution in [0.4, 0.5) is 23.0 Å². The summed E-state index contributed by atoms with van der Waals surface area (Å²) in [5.74, 6) is 1.06. The Bertz CT molecular complexity index is 981. The van der Waals surface area contributed by atoms with Crippen molar-refractivity contribution < 1.29 is 5.11 Å². The molecule has 1 unspecified atom stereocenters. The lowest BCUT2D eigenvalue weighted by Crippen LogP contribution is -2.25. The first-order valence-corrected chi connectivity index (χ1v) is 9.96. The van der Waals surface area contributed by atoms with Crippen LogP contribution >= 0.6 is 23.1 Å². The fourth-order valence-corrected chi connectivity index (χ4v) is 4.32. The van der Waals surface area contributed by atoms with Crippen molar-refractivity contribution in [3.63, 3.8) is 0 Å². The highest BCUT2D eigenvalue weighted by atomic mass is 32.1. The van der Waals surface area contributed by atoms with Crippen LogP contribution < -0.4 is 10.6 Å². The van der Waals surface area contributed by atoms with E-state index in [1.165, 1.54) is 9.75 Å². The second-order valence-electron chi connectivity index (χ2n) is 7.26. The molecule has 0 aliphatic carbocycles. The molecule has 0 amide bonds. The highest BCUT2D eigenvalue weighted by Crippen LogP contribution is 2.41. The van der Waals surface area contributed by atoms with Crippen LogP contribution in [0.5, 0.6) is 5.75 Å². The number of phenolic OH excluding ortho intramolecular Hbond substituents is 1. The van der Waals surface area contributed by atoms with Crippen LogP contribution in [0.1, 0.15) is 36.6 Å². The lowest BCUT2D eigenvalue weighted by molar-refractivity contribution is 0.351. The smallest absolute Gasteiger partial charge is 0.230 e. The Balaban J connectivity index is 1.89. The number of aromatic hydroxyl groups is 1. The molecule has 0 aliphatic rings. The van der Waals surface area contributed by atoms with Crippen LogP contribution in [0.2, 0.25) is 0 Å². The SMILES string of the molecule is [C-]#[N+]c1cccc(Nc2nsnc2NC(c2ccc(C)s2)C(C)(C)C)c1O. The molecule has 3 N–H and O–H groups in total. The minimum atomic E-state index is -0.0901. The van der Waals surface area contributed by atoms with Gasteiger partial charge in [0.15, 0.2) is 11.6 Å². The molecule has 8 heteroatoms. The van der Waals surface area contributed by atoms with Crippen LogP contribution in [0.3, 0.4) is 0 Å². The molecule has 0 aliphatic heterocycles. The number of rotatable bonds is 5. The summed E-state index contributed by atoms with van der Waals surface area (Å²) in [7, 11) is 0. The molecule has 27 heavy (non-hydrogen) atoms. The third-order valence-corrected chi connectivity index (χ3v) is 5.66. The summed E-state index contributed by atoms with van der Waals surface area (Å²) in [6, 6.07) is 9.31. The fourth-order valence-electron chi connectivity index (χ4n) is 2.67. The van der Waals surface area contributed by atoms with Gasteiger partial charge in [0.05, 0.1) is 30.0 Å². The lowest BCUT2D eigenvalue weighted by atomic mass is 9.86. The average molecular weight is 400 g/mol. The topological polar surface area (TPSA) is 74.4 Å². The van der Waals surface area contributed by atoms with Gasteiger partial charge in [-0.2, -0.15) is 8.75 Å². The van der Waals surface area contributed by atoms with Crippen molar-refractivity contribution in [1.82, 2.24) is 8.75 Å². The summed E-state index contributed by atoms with van der Waals surface area (Å²) < 4.78 is 8.70. The molecule has 0 saturated carbocycles. The Hall–Kier alpha value is -2.63. The van der Waals surface area contributed by atoms with Crippen molar-refractivity contribution in [2.75, 3.05) is 10.6 Å². The Kier molecular flexibility index (Phi) is 5.35. The van der Waals surface area contributed by atoms with Gasteiger partial charge >= 0.3 is 0 Å². The van der Waals surface area contributed by atoms with E-state index < -0.39 is 0 Å². The van der Waals surface area contributed by atoms with Crippen molar-refractivity contribution in [3.8, 4) is 5.75 Å². The Morgan fingerprint density at radius 2 is 1.89 bits per heavy atom. The number of phenols is 1. The lowest BCUT2D eigenvalue weighted by Gasteiger charge is -2.31.